The SMILES string of the molecule is CC=C1CCC(C)(c2ccc(C3=CN4C(=O)c5cc(OC)c(OCCCOc6cc7c(cc6OC)C(=O)N6C=C(c8ccc(N)cc8)CC6/C=C/C7)cc5N=CC4C3)cc2)CC1. The molecule has 0 bridgehead atoms. The number of fused-ring (bicyclic) bond motifs is 4. The van der Waals surface area contributed by atoms with Crippen molar-refractivity contribution in [1.29, 1.82) is 0 Å². The van der Waals surface area contributed by atoms with Gasteiger partial charge in [-0.3, -0.25) is 14.6 Å². The van der Waals surface area contributed by atoms with Gasteiger partial charge >= 0.3 is 0 Å². The molecular formula is C52H54N4O6. The molecule has 4 aromatic carbocycles. The Balaban J connectivity index is 0.828. The first-order valence-electron chi connectivity index (χ1n) is 21.7. The van der Waals surface area contributed by atoms with E-state index in [4.69, 9.17) is 29.7 Å². The van der Waals surface area contributed by atoms with E-state index in [9.17, 15) is 9.59 Å². The lowest BCUT2D eigenvalue weighted by Crippen LogP contribution is -2.33. The fourth-order valence-electron chi connectivity index (χ4n) is 9.41. The molecule has 9 rings (SSSR count). The van der Waals surface area contributed by atoms with Gasteiger partial charge in [-0.2, -0.15) is 0 Å². The summed E-state index contributed by atoms with van der Waals surface area (Å²) in [6.07, 6.45) is 19.5. The monoisotopic (exact) mass is 830 g/mol. The summed E-state index contributed by atoms with van der Waals surface area (Å²) in [4.78, 5) is 36.4. The van der Waals surface area contributed by atoms with Gasteiger partial charge in [-0.25, -0.2) is 0 Å². The van der Waals surface area contributed by atoms with Gasteiger partial charge in [-0.15, -0.1) is 0 Å². The van der Waals surface area contributed by atoms with Gasteiger partial charge in [0.25, 0.3) is 11.8 Å². The lowest BCUT2D eigenvalue weighted by Gasteiger charge is -2.35. The zero-order valence-corrected chi connectivity index (χ0v) is 36.0. The van der Waals surface area contributed by atoms with Crippen LogP contribution in [0.3, 0.4) is 0 Å². The molecule has 0 spiro atoms. The van der Waals surface area contributed by atoms with Crippen molar-refractivity contribution in [2.75, 3.05) is 33.2 Å². The smallest absolute Gasteiger partial charge is 0.260 e. The van der Waals surface area contributed by atoms with Crippen LogP contribution in [0.25, 0.3) is 11.1 Å². The number of methoxy groups -OCH3 is 2. The molecule has 4 aliphatic heterocycles. The number of nitrogens with zero attached hydrogens (tertiary/aromatic N) is 3. The molecule has 0 aromatic heterocycles. The largest absolute Gasteiger partial charge is 0.493 e. The minimum absolute atomic E-state index is 0.0603. The van der Waals surface area contributed by atoms with Gasteiger partial charge in [0.1, 0.15) is 0 Å². The highest BCUT2D eigenvalue weighted by atomic mass is 16.5. The molecule has 4 heterocycles. The van der Waals surface area contributed by atoms with Gasteiger partial charge in [0, 0.05) is 48.8 Å². The molecule has 1 fully saturated rings. The molecule has 10 nitrogen and oxygen atoms in total. The minimum atomic E-state index is -0.182. The van der Waals surface area contributed by atoms with Crippen LogP contribution in [0.5, 0.6) is 23.0 Å². The van der Waals surface area contributed by atoms with Crippen LogP contribution in [0.15, 0.2) is 114 Å². The van der Waals surface area contributed by atoms with Crippen molar-refractivity contribution in [2.24, 2.45) is 4.99 Å². The van der Waals surface area contributed by atoms with E-state index in [0.29, 0.717) is 78.0 Å². The Hall–Kier alpha value is -6.55. The van der Waals surface area contributed by atoms with Crippen LogP contribution in [0, 0.1) is 0 Å². The van der Waals surface area contributed by atoms with Crippen molar-refractivity contribution in [3.05, 3.63) is 142 Å². The summed E-state index contributed by atoms with van der Waals surface area (Å²) in [5, 5.41) is 0. The average molecular weight is 831 g/mol. The summed E-state index contributed by atoms with van der Waals surface area (Å²) in [7, 11) is 3.15. The summed E-state index contributed by atoms with van der Waals surface area (Å²) in [6.45, 7) is 5.21. The van der Waals surface area contributed by atoms with E-state index in [1.54, 1.807) is 42.9 Å². The first-order chi connectivity index (χ1) is 30.1. The first kappa shape index (κ1) is 40.8. The Kier molecular flexibility index (Phi) is 11.2. The molecule has 2 N–H and O–H groups in total. The van der Waals surface area contributed by atoms with Gasteiger partial charge in [-0.05, 0) is 115 Å². The van der Waals surface area contributed by atoms with Crippen LogP contribution < -0.4 is 24.7 Å². The number of rotatable bonds is 11. The zero-order chi connectivity index (χ0) is 43.0. The topological polar surface area (TPSA) is 116 Å². The number of allylic oxidation sites excluding steroid dienone is 3. The van der Waals surface area contributed by atoms with E-state index >= 15 is 0 Å². The molecule has 2 amide bonds. The minimum Gasteiger partial charge on any atom is -0.493 e. The van der Waals surface area contributed by atoms with Crippen molar-refractivity contribution in [3.8, 4) is 23.0 Å². The number of benzene rings is 4. The standard InChI is InChI=1S/C52H54N4O6/c1-5-33-18-20-52(2,21-19-33)39-14-10-34(11-15-39)38-25-42-30-54-45-29-49(47(60-4)28-44(45)51(58)56(42)32-38)62-23-7-22-61-48-26-36-8-6-9-41-24-37(35-12-16-40(53)17-13-35)31-55(41)50(57)43(36)27-46(48)59-3/h5-6,9-17,26-32,41-42H,7-8,18-25,53H2,1-4H3/b9-6+,33-5?. The maximum Gasteiger partial charge on any atom is 0.260 e. The third-order valence-corrected chi connectivity index (χ3v) is 13.3. The number of aliphatic imine (C=N–C) groups is 1. The quantitative estimate of drug-likeness (QED) is 0.0909. The van der Waals surface area contributed by atoms with Crippen molar-refractivity contribution in [2.45, 2.75) is 82.7 Å². The number of carbonyl (C=O) groups excluding carboxylic acids is 2. The lowest BCUT2D eigenvalue weighted by atomic mass is 9.69. The molecular weight excluding hydrogens is 777 g/mol. The third-order valence-electron chi connectivity index (χ3n) is 13.3. The molecule has 2 atom stereocenters. The summed E-state index contributed by atoms with van der Waals surface area (Å²) in [5.41, 5.74) is 16.6. The second kappa shape index (κ2) is 17.1. The van der Waals surface area contributed by atoms with E-state index in [0.717, 1.165) is 47.1 Å². The predicted molar refractivity (Wildman–Crippen MR) is 245 cm³/mol. The number of ether oxygens (including phenoxy) is 4. The molecule has 1 aliphatic carbocycles. The molecule has 5 aliphatic rings. The highest BCUT2D eigenvalue weighted by Crippen LogP contribution is 2.43. The summed E-state index contributed by atoms with van der Waals surface area (Å²) in [6, 6.07) is 23.7. The Bertz CT molecular complexity index is 2540. The average Bonchev–Trinajstić information content (AvgIpc) is 3.90. The number of amides is 2. The Morgan fingerprint density at radius 2 is 1.34 bits per heavy atom. The molecule has 2 unspecified atom stereocenters. The van der Waals surface area contributed by atoms with Crippen LogP contribution in [-0.2, 0) is 11.8 Å². The highest BCUT2D eigenvalue weighted by molar-refractivity contribution is 6.05. The van der Waals surface area contributed by atoms with E-state index < -0.39 is 0 Å². The molecule has 10 heteroatoms. The number of nitrogens with two attached hydrogens (primary N) is 1. The number of hydrogen-bond donors (Lipinski definition) is 1. The number of anilines is 1. The Labute approximate surface area is 364 Å². The summed E-state index contributed by atoms with van der Waals surface area (Å²) < 4.78 is 23.9. The molecule has 1 saturated carbocycles. The highest BCUT2D eigenvalue weighted by Gasteiger charge is 2.35. The number of hydrogen-bond acceptors (Lipinski definition) is 8. The van der Waals surface area contributed by atoms with Crippen molar-refractivity contribution in [3.63, 3.8) is 0 Å². The normalized spacial score (nSPS) is 22.0. The van der Waals surface area contributed by atoms with Crippen molar-refractivity contribution in [1.82, 2.24) is 9.80 Å². The Morgan fingerprint density at radius 1 is 0.758 bits per heavy atom. The maximum atomic E-state index is 14.0. The first-order valence-corrected chi connectivity index (χ1v) is 21.7. The predicted octanol–water partition coefficient (Wildman–Crippen LogP) is 10.3. The summed E-state index contributed by atoms with van der Waals surface area (Å²) >= 11 is 0. The van der Waals surface area contributed by atoms with E-state index in [1.165, 1.54) is 18.4 Å². The fourth-order valence-corrected chi connectivity index (χ4v) is 9.41. The van der Waals surface area contributed by atoms with Crippen molar-refractivity contribution < 1.29 is 28.5 Å². The molecule has 318 valence electrons. The van der Waals surface area contributed by atoms with Gasteiger partial charge in [0.15, 0.2) is 23.0 Å². The Morgan fingerprint density at radius 3 is 1.98 bits per heavy atom. The molecule has 0 saturated heterocycles. The zero-order valence-electron chi connectivity index (χ0n) is 36.0. The second-order valence-corrected chi connectivity index (χ2v) is 17.1. The maximum absolute atomic E-state index is 14.0. The van der Waals surface area contributed by atoms with Crippen LogP contribution in [-0.4, -0.2) is 67.3 Å². The van der Waals surface area contributed by atoms with E-state index in [1.807, 2.05) is 53.8 Å². The van der Waals surface area contributed by atoms with Crippen LogP contribution in [0.2, 0.25) is 0 Å². The van der Waals surface area contributed by atoms with E-state index in [-0.39, 0.29) is 29.3 Å². The van der Waals surface area contributed by atoms with Crippen LogP contribution in [0.1, 0.15) is 102 Å². The van der Waals surface area contributed by atoms with Crippen molar-refractivity contribution >= 4 is 40.5 Å². The van der Waals surface area contributed by atoms with Gasteiger partial charge in [0.05, 0.1) is 50.8 Å². The second-order valence-electron chi connectivity index (χ2n) is 17.1. The van der Waals surface area contributed by atoms with Gasteiger partial charge < -0.3 is 34.5 Å². The van der Waals surface area contributed by atoms with Crippen LogP contribution >= 0.6 is 0 Å². The van der Waals surface area contributed by atoms with Gasteiger partial charge in [0.2, 0.25) is 0 Å². The van der Waals surface area contributed by atoms with E-state index in [2.05, 4.69) is 56.3 Å². The number of carbonyl (C=O) groups is 2. The fraction of sp³-hybridized carbons (Fsp3) is 0.327. The van der Waals surface area contributed by atoms with Gasteiger partial charge in [-0.1, -0.05) is 67.1 Å². The number of nitrogen functional groups attached to an aromatic ring is 1. The molecule has 62 heavy (non-hydrogen) atoms. The third kappa shape index (κ3) is 7.90. The molecule has 0 radical (unpaired) electrons. The lowest BCUT2D eigenvalue weighted by molar-refractivity contribution is 0.0800. The summed E-state index contributed by atoms with van der Waals surface area (Å²) in [5.74, 6) is 1.81. The van der Waals surface area contributed by atoms with Crippen LogP contribution in [0.4, 0.5) is 11.4 Å². The molecule has 4 aromatic rings.